The van der Waals surface area contributed by atoms with Gasteiger partial charge in [0, 0.05) is 22.5 Å². The van der Waals surface area contributed by atoms with Crippen LogP contribution < -0.4 is 5.32 Å². The van der Waals surface area contributed by atoms with Crippen LogP contribution in [-0.4, -0.2) is 11.3 Å². The predicted octanol–water partition coefficient (Wildman–Crippen LogP) is 6.75. The largest absolute Gasteiger partial charge is 0.508 e. The molecule has 2 nitrogen and oxygen atoms in total. The number of halogens is 3. The average Bonchev–Trinajstić information content (AvgIpc) is 2.59. The molecule has 0 aromatic heterocycles. The third-order valence-electron chi connectivity index (χ3n) is 4.26. The highest BCUT2D eigenvalue weighted by molar-refractivity contribution is 5.81. The second-order valence-electron chi connectivity index (χ2n) is 6.47. The Morgan fingerprint density at radius 3 is 2.30 bits per heavy atom. The van der Waals surface area contributed by atoms with E-state index in [1.807, 2.05) is 6.92 Å². The number of aliphatic hydroxyl groups is 1. The van der Waals surface area contributed by atoms with Crippen LogP contribution in [0.2, 0.25) is 0 Å². The van der Waals surface area contributed by atoms with Gasteiger partial charge in [-0.3, -0.25) is 0 Å². The standard InChI is InChI=1S/C22H24F3NO/c1-4-5-8-17-11-12-19(13-18(17)14-22(23,24)25)26-15(2)20-9-6-7-10-21(20)16(3)27/h6-7,9-13,26-27H,2-5,8,14H2,1H3. The Morgan fingerprint density at radius 2 is 1.70 bits per heavy atom. The topological polar surface area (TPSA) is 32.3 Å². The van der Waals surface area contributed by atoms with Crippen LogP contribution in [0.5, 0.6) is 0 Å². The highest BCUT2D eigenvalue weighted by Gasteiger charge is 2.29. The van der Waals surface area contributed by atoms with E-state index in [2.05, 4.69) is 18.5 Å². The normalized spacial score (nSPS) is 11.3. The van der Waals surface area contributed by atoms with Crippen LogP contribution in [0.15, 0.2) is 55.6 Å². The van der Waals surface area contributed by atoms with Crippen LogP contribution >= 0.6 is 0 Å². The molecule has 0 radical (unpaired) electrons. The lowest BCUT2D eigenvalue weighted by Crippen LogP contribution is -2.13. The minimum Gasteiger partial charge on any atom is -0.508 e. The summed E-state index contributed by atoms with van der Waals surface area (Å²) in [4.78, 5) is 0. The number of nitrogens with one attached hydrogen (secondary N) is 1. The van der Waals surface area contributed by atoms with Gasteiger partial charge in [-0.1, -0.05) is 56.8 Å². The van der Waals surface area contributed by atoms with Crippen molar-refractivity contribution in [3.05, 3.63) is 77.9 Å². The third-order valence-corrected chi connectivity index (χ3v) is 4.26. The summed E-state index contributed by atoms with van der Waals surface area (Å²) in [6.45, 7) is 9.50. The van der Waals surface area contributed by atoms with Crippen molar-refractivity contribution in [3.63, 3.8) is 0 Å². The Kier molecular flexibility index (Phi) is 6.72. The molecule has 0 atom stereocenters. The molecule has 0 spiro atoms. The Labute approximate surface area is 158 Å². The molecular weight excluding hydrogens is 351 g/mol. The second kappa shape index (κ2) is 8.80. The van der Waals surface area contributed by atoms with Crippen LogP contribution in [0.1, 0.15) is 42.0 Å². The minimum absolute atomic E-state index is 0.0961. The van der Waals surface area contributed by atoms with Gasteiger partial charge in [-0.2, -0.15) is 13.2 Å². The molecular formula is C22H24F3NO. The lowest BCUT2D eigenvalue weighted by atomic mass is 9.98. The molecule has 0 aliphatic rings. The molecule has 5 heteroatoms. The van der Waals surface area contributed by atoms with Crippen molar-refractivity contribution in [3.8, 4) is 0 Å². The van der Waals surface area contributed by atoms with Crippen molar-refractivity contribution in [1.29, 1.82) is 0 Å². The van der Waals surface area contributed by atoms with E-state index >= 15 is 0 Å². The van der Waals surface area contributed by atoms with Crippen molar-refractivity contribution in [2.45, 2.75) is 38.8 Å². The van der Waals surface area contributed by atoms with E-state index in [1.54, 1.807) is 36.4 Å². The lowest BCUT2D eigenvalue weighted by molar-refractivity contribution is -0.127. The molecule has 2 aromatic rings. The summed E-state index contributed by atoms with van der Waals surface area (Å²) in [6.07, 6.45) is -2.84. The molecule has 144 valence electrons. The molecule has 2 rings (SSSR count). The van der Waals surface area contributed by atoms with Gasteiger partial charge in [-0.15, -0.1) is 0 Å². The molecule has 0 heterocycles. The summed E-state index contributed by atoms with van der Waals surface area (Å²) in [5.74, 6) is -0.0961. The summed E-state index contributed by atoms with van der Waals surface area (Å²) in [6, 6.07) is 12.0. The van der Waals surface area contributed by atoms with Gasteiger partial charge >= 0.3 is 6.18 Å². The van der Waals surface area contributed by atoms with Gasteiger partial charge < -0.3 is 10.4 Å². The third kappa shape index (κ3) is 5.91. The summed E-state index contributed by atoms with van der Waals surface area (Å²) < 4.78 is 38.9. The molecule has 27 heavy (non-hydrogen) atoms. The molecule has 2 aromatic carbocycles. The summed E-state index contributed by atoms with van der Waals surface area (Å²) in [5.41, 5.74) is 3.14. The van der Waals surface area contributed by atoms with Crippen molar-refractivity contribution in [2.24, 2.45) is 0 Å². The van der Waals surface area contributed by atoms with Crippen LogP contribution in [0.25, 0.3) is 11.5 Å². The van der Waals surface area contributed by atoms with E-state index in [0.29, 0.717) is 28.9 Å². The number of benzene rings is 2. The quantitative estimate of drug-likeness (QED) is 0.501. The number of hydrogen-bond acceptors (Lipinski definition) is 2. The molecule has 0 bridgehead atoms. The molecule has 0 saturated carbocycles. The fraction of sp³-hybridized carbons (Fsp3) is 0.273. The molecule has 0 aliphatic heterocycles. The van der Waals surface area contributed by atoms with E-state index in [-0.39, 0.29) is 11.3 Å². The molecule has 0 aliphatic carbocycles. The van der Waals surface area contributed by atoms with Gasteiger partial charge in [-0.25, -0.2) is 0 Å². The van der Waals surface area contributed by atoms with Gasteiger partial charge in [0.05, 0.1) is 6.42 Å². The van der Waals surface area contributed by atoms with Gasteiger partial charge in [0.15, 0.2) is 0 Å². The maximum atomic E-state index is 13.0. The fourth-order valence-electron chi connectivity index (χ4n) is 2.93. The van der Waals surface area contributed by atoms with E-state index in [0.717, 1.165) is 18.4 Å². The molecule has 2 N–H and O–H groups in total. The predicted molar refractivity (Wildman–Crippen MR) is 106 cm³/mol. The first-order chi connectivity index (χ1) is 12.7. The first-order valence-electron chi connectivity index (χ1n) is 8.83. The van der Waals surface area contributed by atoms with Crippen molar-refractivity contribution in [2.75, 3.05) is 5.32 Å². The summed E-state index contributed by atoms with van der Waals surface area (Å²) in [5, 5.41) is 12.8. The van der Waals surface area contributed by atoms with E-state index in [4.69, 9.17) is 0 Å². The Bertz CT molecular complexity index is 825. The van der Waals surface area contributed by atoms with Gasteiger partial charge in [-0.05, 0) is 36.1 Å². The Morgan fingerprint density at radius 1 is 1.04 bits per heavy atom. The van der Waals surface area contributed by atoms with E-state index < -0.39 is 12.6 Å². The van der Waals surface area contributed by atoms with Gasteiger partial charge in [0.1, 0.15) is 5.76 Å². The molecule has 0 unspecified atom stereocenters. The number of unbranched alkanes of at least 4 members (excludes halogenated alkanes) is 1. The number of aryl methyl sites for hydroxylation is 1. The summed E-state index contributed by atoms with van der Waals surface area (Å²) in [7, 11) is 0. The first kappa shape index (κ1) is 20.6. The average molecular weight is 375 g/mol. The molecule has 0 amide bonds. The number of rotatable bonds is 8. The minimum atomic E-state index is -4.27. The number of anilines is 1. The van der Waals surface area contributed by atoms with Crippen molar-refractivity contribution >= 4 is 17.1 Å². The maximum Gasteiger partial charge on any atom is 0.393 e. The number of hydrogen-bond donors (Lipinski definition) is 2. The van der Waals surface area contributed by atoms with Gasteiger partial charge in [0.25, 0.3) is 0 Å². The highest BCUT2D eigenvalue weighted by atomic mass is 19.4. The zero-order chi connectivity index (χ0) is 20.0. The van der Waals surface area contributed by atoms with Crippen LogP contribution in [0.4, 0.5) is 18.9 Å². The Balaban J connectivity index is 2.29. The zero-order valence-corrected chi connectivity index (χ0v) is 15.4. The molecule has 0 saturated heterocycles. The first-order valence-corrected chi connectivity index (χ1v) is 8.83. The highest BCUT2D eigenvalue weighted by Crippen LogP contribution is 2.29. The van der Waals surface area contributed by atoms with Crippen molar-refractivity contribution in [1.82, 2.24) is 0 Å². The zero-order valence-electron chi connectivity index (χ0n) is 15.4. The Hall–Kier alpha value is -2.69. The van der Waals surface area contributed by atoms with Crippen molar-refractivity contribution < 1.29 is 18.3 Å². The lowest BCUT2D eigenvalue weighted by Gasteiger charge is -2.17. The molecule has 0 fully saturated rings. The van der Waals surface area contributed by atoms with Gasteiger partial charge in [0.2, 0.25) is 0 Å². The van der Waals surface area contributed by atoms with Crippen LogP contribution in [-0.2, 0) is 12.8 Å². The van der Waals surface area contributed by atoms with E-state index in [1.165, 1.54) is 6.07 Å². The second-order valence-corrected chi connectivity index (χ2v) is 6.47. The monoisotopic (exact) mass is 375 g/mol. The van der Waals surface area contributed by atoms with Crippen LogP contribution in [0.3, 0.4) is 0 Å². The fourth-order valence-corrected chi connectivity index (χ4v) is 2.93. The van der Waals surface area contributed by atoms with E-state index in [9.17, 15) is 18.3 Å². The smallest absolute Gasteiger partial charge is 0.393 e. The maximum absolute atomic E-state index is 13.0. The van der Waals surface area contributed by atoms with Crippen LogP contribution in [0, 0.1) is 0 Å². The number of aliphatic hydroxyl groups excluding tert-OH is 1. The number of alkyl halides is 3. The summed E-state index contributed by atoms with van der Waals surface area (Å²) >= 11 is 0. The SMILES string of the molecule is C=C(O)c1ccccc1C(=C)Nc1ccc(CCCC)c(CC(F)(F)F)c1.